The highest BCUT2D eigenvalue weighted by atomic mass is 32.2. The average molecular weight is 447 g/mol. The molecule has 1 N–H and O–H groups in total. The molecule has 1 aliphatic rings. The van der Waals surface area contributed by atoms with Crippen molar-refractivity contribution in [3.05, 3.63) is 59.7 Å². The van der Waals surface area contributed by atoms with Gasteiger partial charge in [-0.3, -0.25) is 4.79 Å². The van der Waals surface area contributed by atoms with Gasteiger partial charge in [0.05, 0.1) is 17.9 Å². The molecule has 30 heavy (non-hydrogen) atoms. The molecule has 0 aliphatic carbocycles. The second-order valence-electron chi connectivity index (χ2n) is 6.13. The Bertz CT molecular complexity index is 883. The Morgan fingerprint density at radius 1 is 1.07 bits per heavy atom. The van der Waals surface area contributed by atoms with E-state index in [1.54, 1.807) is 24.3 Å². The monoisotopic (exact) mass is 446 g/mol. The standard InChI is InChI=1S/C21H22N2O5S2/c1-26-20(25)14-28-18-5-3-2-4-16(18)12-22-23-19(24)13-27-17-8-6-15(7-9-17)21-29-10-11-30-21/h2-9,12,21H,10-11,13-14H2,1H3,(H,23,24)/b22-12-. The average Bonchev–Trinajstić information content (AvgIpc) is 3.32. The van der Waals surface area contributed by atoms with Crippen LogP contribution in [0.25, 0.3) is 0 Å². The normalized spacial score (nSPS) is 13.9. The summed E-state index contributed by atoms with van der Waals surface area (Å²) in [6, 6.07) is 14.8. The van der Waals surface area contributed by atoms with Crippen LogP contribution >= 0.6 is 23.5 Å². The van der Waals surface area contributed by atoms with Crippen molar-refractivity contribution in [2.75, 3.05) is 31.8 Å². The number of carbonyl (C=O) groups is 2. The Hall–Kier alpha value is -2.65. The van der Waals surface area contributed by atoms with Gasteiger partial charge in [0.15, 0.2) is 13.2 Å². The number of carbonyl (C=O) groups excluding carboxylic acids is 2. The molecule has 0 atom stereocenters. The zero-order chi connectivity index (χ0) is 21.2. The lowest BCUT2D eigenvalue weighted by Gasteiger charge is -2.10. The van der Waals surface area contributed by atoms with E-state index in [9.17, 15) is 9.59 Å². The van der Waals surface area contributed by atoms with Crippen LogP contribution in [0.1, 0.15) is 15.7 Å². The number of ether oxygens (including phenoxy) is 3. The van der Waals surface area contributed by atoms with E-state index in [0.717, 1.165) is 0 Å². The van der Waals surface area contributed by atoms with E-state index in [4.69, 9.17) is 9.47 Å². The van der Waals surface area contributed by atoms with E-state index in [-0.39, 0.29) is 19.1 Å². The Morgan fingerprint density at radius 2 is 1.80 bits per heavy atom. The molecule has 2 aromatic carbocycles. The molecule has 1 heterocycles. The number of rotatable bonds is 9. The number of methoxy groups -OCH3 is 1. The highest BCUT2D eigenvalue weighted by Crippen LogP contribution is 2.45. The molecule has 2 aromatic rings. The van der Waals surface area contributed by atoms with Gasteiger partial charge in [0, 0.05) is 17.1 Å². The summed E-state index contributed by atoms with van der Waals surface area (Å²) in [4.78, 5) is 23.2. The summed E-state index contributed by atoms with van der Waals surface area (Å²) in [7, 11) is 1.29. The largest absolute Gasteiger partial charge is 0.484 e. The van der Waals surface area contributed by atoms with Crippen LogP contribution in [-0.2, 0) is 14.3 Å². The lowest BCUT2D eigenvalue weighted by Crippen LogP contribution is -2.24. The maximum atomic E-state index is 12.0. The van der Waals surface area contributed by atoms with Gasteiger partial charge < -0.3 is 14.2 Å². The topological polar surface area (TPSA) is 86.2 Å². The zero-order valence-electron chi connectivity index (χ0n) is 16.4. The Morgan fingerprint density at radius 3 is 2.53 bits per heavy atom. The zero-order valence-corrected chi connectivity index (χ0v) is 18.0. The van der Waals surface area contributed by atoms with E-state index >= 15 is 0 Å². The van der Waals surface area contributed by atoms with Crippen molar-refractivity contribution in [1.29, 1.82) is 0 Å². The van der Waals surface area contributed by atoms with E-state index in [0.29, 0.717) is 21.6 Å². The third kappa shape index (κ3) is 6.70. The van der Waals surface area contributed by atoms with Gasteiger partial charge in [0.1, 0.15) is 11.5 Å². The van der Waals surface area contributed by atoms with Crippen molar-refractivity contribution >= 4 is 41.6 Å². The third-order valence-corrected chi connectivity index (χ3v) is 7.13. The molecule has 0 bridgehead atoms. The summed E-state index contributed by atoms with van der Waals surface area (Å²) >= 11 is 3.89. The Labute approximate surface area is 183 Å². The number of hydrogen-bond donors (Lipinski definition) is 1. The predicted molar refractivity (Wildman–Crippen MR) is 119 cm³/mol. The van der Waals surface area contributed by atoms with Crippen LogP contribution in [0, 0.1) is 0 Å². The minimum absolute atomic E-state index is 0.149. The highest BCUT2D eigenvalue weighted by molar-refractivity contribution is 8.19. The fourth-order valence-electron chi connectivity index (χ4n) is 2.54. The molecular weight excluding hydrogens is 424 g/mol. The van der Waals surface area contributed by atoms with Crippen LogP contribution in [0.2, 0.25) is 0 Å². The molecule has 3 rings (SSSR count). The number of hydrazone groups is 1. The minimum atomic E-state index is -0.485. The number of hydrogen-bond acceptors (Lipinski definition) is 8. The SMILES string of the molecule is COC(=O)COc1ccccc1/C=N\NC(=O)COc1ccc(C2SCCS2)cc1. The number of nitrogens with zero attached hydrogens (tertiary/aromatic N) is 1. The molecule has 0 aromatic heterocycles. The summed E-state index contributed by atoms with van der Waals surface area (Å²) in [5, 5.41) is 3.92. The van der Waals surface area contributed by atoms with Crippen molar-refractivity contribution in [2.45, 2.75) is 4.58 Å². The smallest absolute Gasteiger partial charge is 0.343 e. The first-order valence-corrected chi connectivity index (χ1v) is 11.3. The fourth-order valence-corrected chi connectivity index (χ4v) is 5.40. The lowest BCUT2D eigenvalue weighted by molar-refractivity contribution is -0.142. The van der Waals surface area contributed by atoms with E-state index < -0.39 is 5.97 Å². The molecule has 0 radical (unpaired) electrons. The van der Waals surface area contributed by atoms with Crippen molar-refractivity contribution < 1.29 is 23.8 Å². The highest BCUT2D eigenvalue weighted by Gasteiger charge is 2.18. The van der Waals surface area contributed by atoms with Crippen molar-refractivity contribution in [3.63, 3.8) is 0 Å². The van der Waals surface area contributed by atoms with Gasteiger partial charge in [-0.2, -0.15) is 5.10 Å². The number of nitrogens with one attached hydrogen (secondary N) is 1. The second kappa shape index (κ2) is 11.5. The van der Waals surface area contributed by atoms with Gasteiger partial charge >= 0.3 is 5.97 Å². The van der Waals surface area contributed by atoms with Crippen LogP contribution < -0.4 is 14.9 Å². The quantitative estimate of drug-likeness (QED) is 0.359. The van der Waals surface area contributed by atoms with Crippen molar-refractivity contribution in [1.82, 2.24) is 5.43 Å². The van der Waals surface area contributed by atoms with Gasteiger partial charge in [-0.15, -0.1) is 23.5 Å². The van der Waals surface area contributed by atoms with Gasteiger partial charge in [-0.05, 0) is 29.8 Å². The molecule has 1 aliphatic heterocycles. The number of benzene rings is 2. The minimum Gasteiger partial charge on any atom is -0.484 e. The number of amides is 1. The van der Waals surface area contributed by atoms with Crippen molar-refractivity contribution in [3.8, 4) is 11.5 Å². The first kappa shape index (κ1) is 22.0. The van der Waals surface area contributed by atoms with Gasteiger partial charge in [0.25, 0.3) is 5.91 Å². The van der Waals surface area contributed by atoms with E-state index in [2.05, 4.69) is 15.3 Å². The molecule has 1 saturated heterocycles. The maximum Gasteiger partial charge on any atom is 0.343 e. The summed E-state index contributed by atoms with van der Waals surface area (Å²) in [5.41, 5.74) is 4.29. The van der Waals surface area contributed by atoms with Gasteiger partial charge in [-0.25, -0.2) is 10.2 Å². The molecule has 1 fully saturated rings. The van der Waals surface area contributed by atoms with Crippen LogP contribution in [0.3, 0.4) is 0 Å². The molecule has 0 saturated carbocycles. The fraction of sp³-hybridized carbons (Fsp3) is 0.286. The summed E-state index contributed by atoms with van der Waals surface area (Å²) in [5.74, 6) is 2.57. The Kier molecular flexibility index (Phi) is 8.46. The maximum absolute atomic E-state index is 12.0. The summed E-state index contributed by atoms with van der Waals surface area (Å²) in [6.45, 7) is -0.359. The Balaban J connectivity index is 1.45. The number of thioether (sulfide) groups is 2. The van der Waals surface area contributed by atoms with Crippen LogP contribution in [0.15, 0.2) is 53.6 Å². The molecule has 9 heteroatoms. The van der Waals surface area contributed by atoms with Crippen LogP contribution in [0.4, 0.5) is 0 Å². The lowest BCUT2D eigenvalue weighted by atomic mass is 10.2. The number of esters is 1. The summed E-state index contributed by atoms with van der Waals surface area (Å²) < 4.78 is 15.9. The van der Waals surface area contributed by atoms with Crippen molar-refractivity contribution in [2.24, 2.45) is 5.10 Å². The van der Waals surface area contributed by atoms with E-state index in [1.165, 1.54) is 30.4 Å². The molecule has 1 amide bonds. The first-order valence-electron chi connectivity index (χ1n) is 9.22. The van der Waals surface area contributed by atoms with E-state index in [1.807, 2.05) is 47.8 Å². The molecule has 0 unspecified atom stereocenters. The molecule has 0 spiro atoms. The molecular formula is C21H22N2O5S2. The van der Waals surface area contributed by atoms with Crippen LogP contribution in [-0.4, -0.2) is 49.9 Å². The van der Waals surface area contributed by atoms with Gasteiger partial charge in [-0.1, -0.05) is 24.3 Å². The number of para-hydroxylation sites is 1. The predicted octanol–water partition coefficient (Wildman–Crippen LogP) is 3.25. The molecule has 158 valence electrons. The van der Waals surface area contributed by atoms with Crippen LogP contribution in [0.5, 0.6) is 11.5 Å². The van der Waals surface area contributed by atoms with Gasteiger partial charge in [0.2, 0.25) is 0 Å². The first-order chi connectivity index (χ1) is 14.7. The summed E-state index contributed by atoms with van der Waals surface area (Å²) in [6.07, 6.45) is 1.44. The molecule has 7 nitrogen and oxygen atoms in total. The third-order valence-electron chi connectivity index (χ3n) is 4.03. The second-order valence-corrected chi connectivity index (χ2v) is 8.85.